The molecular formula is C32H44N2O7Si. The first-order chi connectivity index (χ1) is 19.8. The molecule has 3 rings (SSSR count). The number of rotatable bonds is 12. The number of carbonyl (C=O) groups is 2. The van der Waals surface area contributed by atoms with Crippen LogP contribution < -0.4 is 14.8 Å². The molecule has 2 atom stereocenters. The van der Waals surface area contributed by atoms with Gasteiger partial charge in [-0.2, -0.15) is 0 Å². The molecule has 1 aliphatic heterocycles. The van der Waals surface area contributed by atoms with Gasteiger partial charge in [0.25, 0.3) is 5.91 Å². The van der Waals surface area contributed by atoms with Gasteiger partial charge in [-0.05, 0) is 48.7 Å². The molecule has 2 amide bonds. The van der Waals surface area contributed by atoms with Gasteiger partial charge in [0.2, 0.25) is 0 Å². The predicted octanol–water partition coefficient (Wildman–Crippen LogP) is 6.51. The van der Waals surface area contributed by atoms with Crippen molar-refractivity contribution in [2.75, 3.05) is 25.6 Å². The van der Waals surface area contributed by atoms with Crippen molar-refractivity contribution in [2.24, 2.45) is 0 Å². The van der Waals surface area contributed by atoms with Crippen molar-refractivity contribution < 1.29 is 33.3 Å². The smallest absolute Gasteiger partial charge is 0.411 e. The summed E-state index contributed by atoms with van der Waals surface area (Å²) in [5.41, 5.74) is 2.04. The van der Waals surface area contributed by atoms with E-state index in [1.54, 1.807) is 30.2 Å². The average Bonchev–Trinajstić information content (AvgIpc) is 3.38. The first-order valence-electron chi connectivity index (χ1n) is 14.1. The van der Waals surface area contributed by atoms with Crippen LogP contribution in [0, 0.1) is 0 Å². The molecule has 2 unspecified atom stereocenters. The van der Waals surface area contributed by atoms with E-state index in [0.29, 0.717) is 24.5 Å². The highest BCUT2D eigenvalue weighted by Gasteiger charge is 2.40. The number of aliphatic hydroxyl groups is 1. The standard InChI is InChI=1S/C32H44N2O7Si/c1-9-15-39-31(37)33-27-18-29(40-20-23-13-11-10-12-14-23)28(38-6)17-26(27)30(36)34-19-24(22(2)35)16-25(34)21-41-42(7,8)32(3,4)5/h9-14,17-19,22,25,35H,1,15-16,20-21H2,2-8H3,(H,33,37). The lowest BCUT2D eigenvalue weighted by molar-refractivity contribution is 0.0737. The average molecular weight is 597 g/mol. The number of aliphatic hydroxyl groups excluding tert-OH is 1. The quantitative estimate of drug-likeness (QED) is 0.213. The second-order valence-corrected chi connectivity index (χ2v) is 16.7. The molecular weight excluding hydrogens is 552 g/mol. The molecule has 10 heteroatoms. The van der Waals surface area contributed by atoms with E-state index < -0.39 is 20.5 Å². The summed E-state index contributed by atoms with van der Waals surface area (Å²) in [4.78, 5) is 28.3. The number of benzene rings is 2. The molecule has 2 N–H and O–H groups in total. The van der Waals surface area contributed by atoms with Crippen molar-refractivity contribution >= 4 is 26.0 Å². The first-order valence-corrected chi connectivity index (χ1v) is 17.0. The van der Waals surface area contributed by atoms with Crippen molar-refractivity contribution in [3.8, 4) is 11.5 Å². The van der Waals surface area contributed by atoms with E-state index in [1.807, 2.05) is 30.3 Å². The van der Waals surface area contributed by atoms with Gasteiger partial charge in [0, 0.05) is 12.3 Å². The lowest BCUT2D eigenvalue weighted by atomic mass is 10.1. The van der Waals surface area contributed by atoms with E-state index in [0.717, 1.165) is 11.1 Å². The van der Waals surface area contributed by atoms with Gasteiger partial charge < -0.3 is 28.6 Å². The van der Waals surface area contributed by atoms with Crippen LogP contribution in [0.2, 0.25) is 18.1 Å². The number of nitrogens with zero attached hydrogens (tertiary/aromatic N) is 1. The van der Waals surface area contributed by atoms with Crippen molar-refractivity contribution in [1.82, 2.24) is 4.90 Å². The molecule has 42 heavy (non-hydrogen) atoms. The highest BCUT2D eigenvalue weighted by molar-refractivity contribution is 6.74. The Morgan fingerprint density at radius 1 is 1.19 bits per heavy atom. The van der Waals surface area contributed by atoms with Crippen molar-refractivity contribution in [3.63, 3.8) is 0 Å². The lowest BCUT2D eigenvalue weighted by Crippen LogP contribution is -2.45. The Kier molecular flexibility index (Phi) is 11.0. The Morgan fingerprint density at radius 3 is 2.48 bits per heavy atom. The molecule has 0 saturated heterocycles. The fraction of sp³-hybridized carbons (Fsp3) is 0.438. The van der Waals surface area contributed by atoms with Crippen LogP contribution >= 0.6 is 0 Å². The van der Waals surface area contributed by atoms with Crippen LogP contribution in [0.5, 0.6) is 11.5 Å². The maximum absolute atomic E-state index is 14.2. The molecule has 0 spiro atoms. The lowest BCUT2D eigenvalue weighted by Gasteiger charge is -2.38. The molecule has 0 aromatic heterocycles. The highest BCUT2D eigenvalue weighted by atomic mass is 28.4. The fourth-order valence-corrected chi connectivity index (χ4v) is 5.18. The second-order valence-electron chi connectivity index (χ2n) is 11.9. The van der Waals surface area contributed by atoms with E-state index in [4.69, 9.17) is 18.6 Å². The van der Waals surface area contributed by atoms with Crippen LogP contribution in [-0.4, -0.2) is 62.8 Å². The van der Waals surface area contributed by atoms with Gasteiger partial charge in [0.05, 0.1) is 37.1 Å². The minimum atomic E-state index is -2.11. The van der Waals surface area contributed by atoms with E-state index in [1.165, 1.54) is 13.2 Å². The van der Waals surface area contributed by atoms with E-state index in [9.17, 15) is 14.7 Å². The van der Waals surface area contributed by atoms with E-state index in [2.05, 4.69) is 45.8 Å². The summed E-state index contributed by atoms with van der Waals surface area (Å²) in [6.45, 7) is 16.6. The largest absolute Gasteiger partial charge is 0.493 e. The zero-order valence-corrected chi connectivity index (χ0v) is 26.7. The number of hydrogen-bond donors (Lipinski definition) is 2. The molecule has 228 valence electrons. The first kappa shape index (κ1) is 32.9. The molecule has 1 aliphatic rings. The van der Waals surface area contributed by atoms with E-state index >= 15 is 0 Å². The van der Waals surface area contributed by atoms with Gasteiger partial charge in [-0.1, -0.05) is 63.8 Å². The summed E-state index contributed by atoms with van der Waals surface area (Å²) in [7, 11) is -0.624. The van der Waals surface area contributed by atoms with Crippen LogP contribution in [0.4, 0.5) is 10.5 Å². The van der Waals surface area contributed by atoms with Crippen LogP contribution in [0.1, 0.15) is 50.0 Å². The maximum atomic E-state index is 14.2. The summed E-state index contributed by atoms with van der Waals surface area (Å²) >= 11 is 0. The summed E-state index contributed by atoms with van der Waals surface area (Å²) in [6.07, 6.45) is 2.12. The zero-order valence-electron chi connectivity index (χ0n) is 25.7. The van der Waals surface area contributed by atoms with E-state index in [-0.39, 0.29) is 41.5 Å². The maximum Gasteiger partial charge on any atom is 0.411 e. The van der Waals surface area contributed by atoms with Gasteiger partial charge >= 0.3 is 6.09 Å². The summed E-state index contributed by atoms with van der Waals surface area (Å²) < 4.78 is 23.3. The predicted molar refractivity (Wildman–Crippen MR) is 166 cm³/mol. The molecule has 0 fully saturated rings. The number of amides is 2. The summed E-state index contributed by atoms with van der Waals surface area (Å²) in [5, 5.41) is 13.0. The Morgan fingerprint density at radius 2 is 1.88 bits per heavy atom. The molecule has 1 heterocycles. The van der Waals surface area contributed by atoms with Gasteiger partial charge in [-0.3, -0.25) is 10.1 Å². The van der Waals surface area contributed by atoms with Crippen LogP contribution in [0.25, 0.3) is 0 Å². The number of carbonyl (C=O) groups excluding carboxylic acids is 2. The topological polar surface area (TPSA) is 107 Å². The SMILES string of the molecule is C=CCOC(=O)Nc1cc(OCc2ccccc2)c(OC)cc1C(=O)N1C=C(C(C)O)CC1CO[Si](C)(C)C(C)(C)C. The molecule has 2 aromatic rings. The van der Waals surface area contributed by atoms with Gasteiger partial charge in [-0.25, -0.2) is 4.79 Å². The molecule has 0 radical (unpaired) electrons. The molecule has 0 aliphatic carbocycles. The van der Waals surface area contributed by atoms with Crippen molar-refractivity contribution in [1.29, 1.82) is 0 Å². The second kappa shape index (κ2) is 14.0. The Bertz CT molecular complexity index is 1290. The van der Waals surface area contributed by atoms with Crippen molar-refractivity contribution in [2.45, 2.75) is 71.0 Å². The third-order valence-corrected chi connectivity index (χ3v) is 12.2. The van der Waals surface area contributed by atoms with Crippen molar-refractivity contribution in [3.05, 3.63) is 78.0 Å². The summed E-state index contributed by atoms with van der Waals surface area (Å²) in [6, 6.07) is 12.4. The van der Waals surface area contributed by atoms with Crippen LogP contribution in [-0.2, 0) is 15.8 Å². The number of anilines is 1. The normalized spacial score (nSPS) is 16.0. The fourth-order valence-electron chi connectivity index (χ4n) is 4.14. The van der Waals surface area contributed by atoms with Gasteiger partial charge in [0.15, 0.2) is 19.8 Å². The van der Waals surface area contributed by atoms with Gasteiger partial charge in [-0.15, -0.1) is 0 Å². The molecule has 2 aromatic carbocycles. The molecule has 0 saturated carbocycles. The minimum Gasteiger partial charge on any atom is -0.493 e. The number of hydrogen-bond acceptors (Lipinski definition) is 7. The van der Waals surface area contributed by atoms with Crippen LogP contribution in [0.3, 0.4) is 0 Å². The number of nitrogens with one attached hydrogen (secondary N) is 1. The van der Waals surface area contributed by atoms with Gasteiger partial charge in [0.1, 0.15) is 13.2 Å². The van der Waals surface area contributed by atoms with Crippen LogP contribution in [0.15, 0.2) is 66.9 Å². The number of methoxy groups -OCH3 is 1. The molecule has 9 nitrogen and oxygen atoms in total. The molecule has 0 bridgehead atoms. The third-order valence-electron chi connectivity index (χ3n) is 7.72. The summed E-state index contributed by atoms with van der Waals surface area (Å²) in [5.74, 6) is 0.282. The number of ether oxygens (including phenoxy) is 3. The highest BCUT2D eigenvalue weighted by Crippen LogP contribution is 2.39. The minimum absolute atomic E-state index is 0.00209. The monoisotopic (exact) mass is 596 g/mol. The Hall–Kier alpha value is -3.60. The zero-order chi connectivity index (χ0) is 31.1. The Labute approximate surface area is 250 Å². The third kappa shape index (κ3) is 8.24. The Balaban J connectivity index is 1.99.